The van der Waals surface area contributed by atoms with Crippen LogP contribution in [0.4, 0.5) is 18.0 Å². The SMILES string of the molecule is CC(C)(C)OC(=O)N[C@@H](CCO)c1ccc(OC(F)(F)F)cc1. The molecule has 130 valence electrons. The second-order valence-corrected chi connectivity index (χ2v) is 5.83. The number of rotatable bonds is 5. The topological polar surface area (TPSA) is 67.8 Å². The molecule has 1 rings (SSSR count). The summed E-state index contributed by atoms with van der Waals surface area (Å²) in [5, 5.41) is 11.7. The summed E-state index contributed by atoms with van der Waals surface area (Å²) in [7, 11) is 0. The molecule has 2 N–H and O–H groups in total. The number of amides is 1. The lowest BCUT2D eigenvalue weighted by Crippen LogP contribution is -2.35. The van der Waals surface area contributed by atoms with Crippen LogP contribution in [0.25, 0.3) is 0 Å². The summed E-state index contributed by atoms with van der Waals surface area (Å²) in [4.78, 5) is 11.8. The number of halogens is 3. The van der Waals surface area contributed by atoms with E-state index < -0.39 is 24.1 Å². The summed E-state index contributed by atoms with van der Waals surface area (Å²) < 4.78 is 45.3. The molecule has 1 aromatic rings. The maximum Gasteiger partial charge on any atom is 0.573 e. The molecule has 0 aliphatic heterocycles. The van der Waals surface area contributed by atoms with E-state index in [1.165, 1.54) is 12.1 Å². The average Bonchev–Trinajstić information content (AvgIpc) is 2.35. The van der Waals surface area contributed by atoms with Gasteiger partial charge in [0, 0.05) is 6.61 Å². The zero-order valence-electron chi connectivity index (χ0n) is 13.1. The molecule has 0 fully saturated rings. The third-order valence-electron chi connectivity index (χ3n) is 2.62. The van der Waals surface area contributed by atoms with Crippen LogP contribution in [0.2, 0.25) is 0 Å². The number of hydrogen-bond acceptors (Lipinski definition) is 4. The van der Waals surface area contributed by atoms with Crippen LogP contribution in [-0.4, -0.2) is 29.8 Å². The first-order valence-electron chi connectivity index (χ1n) is 6.96. The van der Waals surface area contributed by atoms with E-state index in [0.717, 1.165) is 12.1 Å². The summed E-state index contributed by atoms with van der Waals surface area (Å²) in [5.41, 5.74) is -0.155. The Hall–Kier alpha value is -1.96. The lowest BCUT2D eigenvalue weighted by atomic mass is 10.0. The Morgan fingerprint density at radius 1 is 1.22 bits per heavy atom. The van der Waals surface area contributed by atoms with Crippen molar-refractivity contribution < 1.29 is 32.5 Å². The maximum atomic E-state index is 12.1. The largest absolute Gasteiger partial charge is 0.573 e. The van der Waals surface area contributed by atoms with E-state index in [9.17, 15) is 18.0 Å². The summed E-state index contributed by atoms with van der Waals surface area (Å²) >= 11 is 0. The molecule has 8 heteroatoms. The highest BCUT2D eigenvalue weighted by molar-refractivity contribution is 5.68. The van der Waals surface area contributed by atoms with Gasteiger partial charge >= 0.3 is 12.5 Å². The summed E-state index contributed by atoms with van der Waals surface area (Å²) in [6.45, 7) is 4.91. The van der Waals surface area contributed by atoms with Crippen LogP contribution < -0.4 is 10.1 Å². The summed E-state index contributed by atoms with van der Waals surface area (Å²) in [6, 6.07) is 4.47. The van der Waals surface area contributed by atoms with Gasteiger partial charge in [-0.25, -0.2) is 4.79 Å². The fourth-order valence-corrected chi connectivity index (χ4v) is 1.80. The van der Waals surface area contributed by atoms with Gasteiger partial charge in [0.2, 0.25) is 0 Å². The highest BCUT2D eigenvalue weighted by Gasteiger charge is 2.31. The van der Waals surface area contributed by atoms with Crippen LogP contribution in [0.5, 0.6) is 5.75 Å². The number of aliphatic hydroxyl groups is 1. The van der Waals surface area contributed by atoms with E-state index in [2.05, 4.69) is 10.1 Å². The normalized spacial score (nSPS) is 13.3. The third-order valence-corrected chi connectivity index (χ3v) is 2.62. The molecule has 0 aliphatic carbocycles. The van der Waals surface area contributed by atoms with Crippen LogP contribution in [-0.2, 0) is 4.74 Å². The first kappa shape index (κ1) is 19.1. The monoisotopic (exact) mass is 335 g/mol. The number of benzene rings is 1. The molecule has 1 amide bonds. The van der Waals surface area contributed by atoms with Crippen LogP contribution in [0.15, 0.2) is 24.3 Å². The molecular formula is C15H20F3NO4. The Kier molecular flexibility index (Phi) is 6.26. The Labute approximate surface area is 132 Å². The molecule has 0 spiro atoms. The van der Waals surface area contributed by atoms with Gasteiger partial charge in [-0.05, 0) is 44.9 Å². The Balaban J connectivity index is 2.79. The molecular weight excluding hydrogens is 315 g/mol. The first-order chi connectivity index (χ1) is 10.5. The molecule has 1 atom stereocenters. The molecule has 0 saturated carbocycles. The van der Waals surface area contributed by atoms with Crippen LogP contribution in [0.1, 0.15) is 38.8 Å². The molecule has 0 bridgehead atoms. The molecule has 0 saturated heterocycles. The minimum atomic E-state index is -4.76. The third kappa shape index (κ3) is 7.73. The first-order valence-corrected chi connectivity index (χ1v) is 6.96. The van der Waals surface area contributed by atoms with Gasteiger partial charge in [-0.2, -0.15) is 0 Å². The number of hydrogen-bond donors (Lipinski definition) is 2. The number of alkyl carbamates (subject to hydrolysis) is 1. The van der Waals surface area contributed by atoms with Gasteiger partial charge in [0.05, 0.1) is 6.04 Å². The average molecular weight is 335 g/mol. The predicted octanol–water partition coefficient (Wildman–Crippen LogP) is 3.53. The van der Waals surface area contributed by atoms with Gasteiger partial charge in [0.25, 0.3) is 0 Å². The molecule has 0 unspecified atom stereocenters. The van der Waals surface area contributed by atoms with Crippen LogP contribution >= 0.6 is 0 Å². The smallest absolute Gasteiger partial charge is 0.444 e. The van der Waals surface area contributed by atoms with Crippen molar-refractivity contribution in [2.24, 2.45) is 0 Å². The second kappa shape index (κ2) is 7.54. The van der Waals surface area contributed by atoms with E-state index in [1.54, 1.807) is 20.8 Å². The van der Waals surface area contributed by atoms with Crippen molar-refractivity contribution in [3.05, 3.63) is 29.8 Å². The number of carbonyl (C=O) groups excluding carboxylic acids is 1. The zero-order valence-corrected chi connectivity index (χ0v) is 13.1. The molecule has 23 heavy (non-hydrogen) atoms. The minimum absolute atomic E-state index is 0.193. The van der Waals surface area contributed by atoms with Gasteiger partial charge in [-0.1, -0.05) is 12.1 Å². The molecule has 1 aromatic carbocycles. The lowest BCUT2D eigenvalue weighted by Gasteiger charge is -2.23. The molecule has 0 aliphatic rings. The zero-order chi connectivity index (χ0) is 17.7. The molecule has 0 heterocycles. The van der Waals surface area contributed by atoms with Crippen LogP contribution in [0.3, 0.4) is 0 Å². The van der Waals surface area contributed by atoms with E-state index in [1.807, 2.05) is 0 Å². The molecule has 0 radical (unpaired) electrons. The van der Waals surface area contributed by atoms with Crippen molar-refractivity contribution in [3.63, 3.8) is 0 Å². The van der Waals surface area contributed by atoms with E-state index in [4.69, 9.17) is 9.84 Å². The van der Waals surface area contributed by atoms with Gasteiger partial charge in [0.15, 0.2) is 0 Å². The number of ether oxygens (including phenoxy) is 2. The van der Waals surface area contributed by atoms with Gasteiger partial charge in [-0.3, -0.25) is 0 Å². The lowest BCUT2D eigenvalue weighted by molar-refractivity contribution is -0.274. The summed E-state index contributed by atoms with van der Waals surface area (Å²) in [6.07, 6.45) is -5.24. The highest BCUT2D eigenvalue weighted by Crippen LogP contribution is 2.25. The standard InChI is InChI=1S/C15H20F3NO4/c1-14(2,3)23-13(21)19-12(8-9-20)10-4-6-11(7-5-10)22-15(16,17)18/h4-7,12,20H,8-9H2,1-3H3,(H,19,21)/t12-/m0/s1. The quantitative estimate of drug-likeness (QED) is 0.864. The van der Waals surface area contributed by atoms with Crippen molar-refractivity contribution in [1.29, 1.82) is 0 Å². The van der Waals surface area contributed by atoms with Gasteiger partial charge < -0.3 is 19.9 Å². The number of aliphatic hydroxyl groups excluding tert-OH is 1. The van der Waals surface area contributed by atoms with Gasteiger partial charge in [-0.15, -0.1) is 13.2 Å². The van der Waals surface area contributed by atoms with Crippen LogP contribution in [0, 0.1) is 0 Å². The number of alkyl halides is 3. The summed E-state index contributed by atoms with van der Waals surface area (Å²) in [5.74, 6) is -0.360. The Morgan fingerprint density at radius 3 is 2.22 bits per heavy atom. The van der Waals surface area contributed by atoms with Crippen molar-refractivity contribution >= 4 is 6.09 Å². The van der Waals surface area contributed by atoms with E-state index >= 15 is 0 Å². The fourth-order valence-electron chi connectivity index (χ4n) is 1.80. The van der Waals surface area contributed by atoms with Crippen molar-refractivity contribution in [3.8, 4) is 5.75 Å². The van der Waals surface area contributed by atoms with E-state index in [0.29, 0.717) is 5.56 Å². The number of carbonyl (C=O) groups is 1. The molecule has 0 aromatic heterocycles. The maximum absolute atomic E-state index is 12.1. The van der Waals surface area contributed by atoms with Crippen molar-refractivity contribution in [2.45, 2.75) is 45.2 Å². The minimum Gasteiger partial charge on any atom is -0.444 e. The van der Waals surface area contributed by atoms with Gasteiger partial charge in [0.1, 0.15) is 11.4 Å². The molecule has 5 nitrogen and oxygen atoms in total. The fraction of sp³-hybridized carbons (Fsp3) is 0.533. The Morgan fingerprint density at radius 2 is 1.78 bits per heavy atom. The van der Waals surface area contributed by atoms with Crippen molar-refractivity contribution in [2.75, 3.05) is 6.61 Å². The number of nitrogens with one attached hydrogen (secondary N) is 1. The highest BCUT2D eigenvalue weighted by atomic mass is 19.4. The second-order valence-electron chi connectivity index (χ2n) is 5.83. The predicted molar refractivity (Wildman–Crippen MR) is 76.9 cm³/mol. The van der Waals surface area contributed by atoms with Crippen molar-refractivity contribution in [1.82, 2.24) is 5.32 Å². The Bertz CT molecular complexity index is 509. The van der Waals surface area contributed by atoms with E-state index in [-0.39, 0.29) is 18.8 Å².